The van der Waals surface area contributed by atoms with Gasteiger partial charge in [0, 0.05) is 16.8 Å². The number of nitrogens with zero attached hydrogens (tertiary/aromatic N) is 2. The lowest BCUT2D eigenvalue weighted by atomic mass is 9.88. The molecule has 2 amide bonds. The summed E-state index contributed by atoms with van der Waals surface area (Å²) in [6.07, 6.45) is 1.75. The molecule has 0 atom stereocenters. The summed E-state index contributed by atoms with van der Waals surface area (Å²) in [6, 6.07) is 18.8. The molecule has 0 bridgehead atoms. The van der Waals surface area contributed by atoms with E-state index in [0.29, 0.717) is 52.5 Å². The summed E-state index contributed by atoms with van der Waals surface area (Å²) in [5.41, 5.74) is 10.5. The third-order valence-corrected chi connectivity index (χ3v) is 8.78. The van der Waals surface area contributed by atoms with Crippen molar-refractivity contribution in [2.45, 2.75) is 31.1 Å². The molecule has 38 heavy (non-hydrogen) atoms. The van der Waals surface area contributed by atoms with Crippen molar-refractivity contribution < 1.29 is 18.0 Å². The zero-order valence-electron chi connectivity index (χ0n) is 20.6. The van der Waals surface area contributed by atoms with E-state index in [4.69, 9.17) is 17.3 Å². The van der Waals surface area contributed by atoms with Crippen molar-refractivity contribution in [2.24, 2.45) is 5.73 Å². The molecule has 0 spiro atoms. The van der Waals surface area contributed by atoms with Gasteiger partial charge in [-0.3, -0.25) is 9.59 Å². The Morgan fingerprint density at radius 3 is 2.47 bits per heavy atom. The summed E-state index contributed by atoms with van der Waals surface area (Å²) in [5.74, 6) is -0.929. The first-order valence-corrected chi connectivity index (χ1v) is 14.2. The van der Waals surface area contributed by atoms with Crippen LogP contribution in [-0.2, 0) is 22.7 Å². The predicted octanol–water partition coefficient (Wildman–Crippen LogP) is 4.83. The lowest BCUT2D eigenvalue weighted by Gasteiger charge is -2.20. The van der Waals surface area contributed by atoms with Crippen LogP contribution < -0.4 is 11.1 Å². The highest BCUT2D eigenvalue weighted by Crippen LogP contribution is 2.38. The van der Waals surface area contributed by atoms with Crippen LogP contribution in [0.3, 0.4) is 0 Å². The van der Waals surface area contributed by atoms with Gasteiger partial charge in [0.25, 0.3) is 11.8 Å². The smallest absolute Gasteiger partial charge is 0.269 e. The Labute approximate surface area is 225 Å². The minimum Gasteiger partial charge on any atom is -0.364 e. The maximum Gasteiger partial charge on any atom is 0.269 e. The number of fused-ring (bicyclic) bond motifs is 3. The van der Waals surface area contributed by atoms with Crippen LogP contribution in [-0.4, -0.2) is 35.8 Å². The number of nitrogens with two attached hydrogens (primary N) is 1. The number of amides is 2. The second-order valence-corrected chi connectivity index (χ2v) is 11.6. The van der Waals surface area contributed by atoms with E-state index in [1.54, 1.807) is 53.2 Å². The Balaban J connectivity index is 1.58. The summed E-state index contributed by atoms with van der Waals surface area (Å²) in [4.78, 5) is 25.4. The minimum absolute atomic E-state index is 0.0609. The van der Waals surface area contributed by atoms with Gasteiger partial charge in [0.15, 0.2) is 15.5 Å². The maximum absolute atomic E-state index is 12.9. The lowest BCUT2D eigenvalue weighted by molar-refractivity contribution is 0.0992. The Morgan fingerprint density at radius 2 is 1.79 bits per heavy atom. The molecular formula is C28H25ClN4O4S. The second-order valence-electron chi connectivity index (χ2n) is 9.07. The topological polar surface area (TPSA) is 124 Å². The number of nitrogens with one attached hydrogen (secondary N) is 1. The number of benzene rings is 3. The summed E-state index contributed by atoms with van der Waals surface area (Å²) in [6.45, 7) is 1.82. The van der Waals surface area contributed by atoms with Crippen LogP contribution in [0.4, 0.5) is 5.69 Å². The monoisotopic (exact) mass is 548 g/mol. The minimum atomic E-state index is -3.38. The second kappa shape index (κ2) is 10.1. The van der Waals surface area contributed by atoms with Gasteiger partial charge >= 0.3 is 0 Å². The first-order valence-electron chi connectivity index (χ1n) is 12.1. The quantitative estimate of drug-likeness (QED) is 0.342. The number of halogens is 1. The van der Waals surface area contributed by atoms with E-state index in [2.05, 4.69) is 10.4 Å². The molecule has 1 heterocycles. The molecule has 0 radical (unpaired) electrons. The number of aromatic nitrogens is 2. The summed E-state index contributed by atoms with van der Waals surface area (Å²) in [5, 5.41) is 7.77. The highest BCUT2D eigenvalue weighted by Gasteiger charge is 2.28. The van der Waals surface area contributed by atoms with E-state index in [1.165, 1.54) is 0 Å². The molecule has 3 aromatic carbocycles. The number of aryl methyl sites for hydroxylation is 1. The zero-order chi connectivity index (χ0) is 27.0. The van der Waals surface area contributed by atoms with Crippen molar-refractivity contribution in [2.75, 3.05) is 11.1 Å². The van der Waals surface area contributed by atoms with Crippen LogP contribution in [0.5, 0.6) is 0 Å². The molecule has 0 fully saturated rings. The number of primary amides is 1. The van der Waals surface area contributed by atoms with Gasteiger partial charge in [-0.15, -0.1) is 0 Å². The van der Waals surface area contributed by atoms with Crippen molar-refractivity contribution in [3.8, 4) is 16.9 Å². The molecule has 0 saturated carbocycles. The molecule has 0 unspecified atom stereocenters. The average Bonchev–Trinajstić information content (AvgIpc) is 3.30. The largest absolute Gasteiger partial charge is 0.364 e. The van der Waals surface area contributed by atoms with Gasteiger partial charge < -0.3 is 11.1 Å². The summed E-state index contributed by atoms with van der Waals surface area (Å²) >= 11 is 6.19. The highest BCUT2D eigenvalue weighted by molar-refractivity contribution is 7.91. The van der Waals surface area contributed by atoms with Crippen LogP contribution >= 0.6 is 11.6 Å². The fourth-order valence-electron chi connectivity index (χ4n) is 4.73. The average molecular weight is 549 g/mol. The summed E-state index contributed by atoms with van der Waals surface area (Å²) < 4.78 is 26.6. The normalized spacial score (nSPS) is 12.5. The first kappa shape index (κ1) is 25.7. The molecular weight excluding hydrogens is 524 g/mol. The maximum atomic E-state index is 12.9. The Bertz CT molecular complexity index is 1680. The van der Waals surface area contributed by atoms with E-state index < -0.39 is 15.7 Å². The van der Waals surface area contributed by atoms with Crippen LogP contribution in [0, 0.1) is 0 Å². The Hall–Kier alpha value is -3.95. The number of anilines is 1. The van der Waals surface area contributed by atoms with Crippen molar-refractivity contribution in [1.82, 2.24) is 9.78 Å². The number of hydrogen-bond acceptors (Lipinski definition) is 5. The van der Waals surface area contributed by atoms with E-state index >= 15 is 0 Å². The van der Waals surface area contributed by atoms with E-state index in [9.17, 15) is 18.0 Å². The van der Waals surface area contributed by atoms with Gasteiger partial charge in [-0.25, -0.2) is 13.1 Å². The van der Waals surface area contributed by atoms with Crippen LogP contribution in [0.1, 0.15) is 45.3 Å². The SMILES string of the molecule is CCCS(=O)(=O)c1ccc(-n2nc(C(N)=O)c3c2-c2cc(NC(=O)c4ccccc4Cl)ccc2CC3)cc1. The van der Waals surface area contributed by atoms with Crippen molar-refractivity contribution in [3.05, 3.63) is 94.1 Å². The predicted molar refractivity (Wildman–Crippen MR) is 147 cm³/mol. The molecule has 1 aliphatic rings. The van der Waals surface area contributed by atoms with Crippen molar-refractivity contribution in [3.63, 3.8) is 0 Å². The van der Waals surface area contributed by atoms with Gasteiger partial charge in [-0.05, 0) is 73.4 Å². The fourth-order valence-corrected chi connectivity index (χ4v) is 6.27. The van der Waals surface area contributed by atoms with Gasteiger partial charge in [-0.2, -0.15) is 5.10 Å². The zero-order valence-corrected chi connectivity index (χ0v) is 22.1. The molecule has 8 nitrogen and oxygen atoms in total. The number of hydrogen-bond donors (Lipinski definition) is 2. The third kappa shape index (κ3) is 4.70. The van der Waals surface area contributed by atoms with Crippen LogP contribution in [0.25, 0.3) is 16.9 Å². The van der Waals surface area contributed by atoms with Gasteiger partial charge in [-0.1, -0.05) is 36.7 Å². The number of rotatable bonds is 7. The van der Waals surface area contributed by atoms with Crippen LogP contribution in [0.15, 0.2) is 71.6 Å². The van der Waals surface area contributed by atoms with E-state index in [1.807, 2.05) is 25.1 Å². The third-order valence-electron chi connectivity index (χ3n) is 6.52. The molecule has 3 N–H and O–H groups in total. The number of carbonyl (C=O) groups is 2. The van der Waals surface area contributed by atoms with Crippen molar-refractivity contribution >= 4 is 38.9 Å². The standard InChI is InChI=1S/C28H25ClN4O4S/c1-2-15-38(36,37)20-12-10-19(11-13-20)33-26-22(25(32-33)27(30)34)14-8-17-7-9-18(16-23(17)26)31-28(35)21-5-3-4-6-24(21)29/h3-7,9-13,16H,2,8,14-15H2,1H3,(H2,30,34)(H,31,35). The molecule has 0 aliphatic heterocycles. The van der Waals surface area contributed by atoms with Crippen molar-refractivity contribution in [1.29, 1.82) is 0 Å². The molecule has 10 heteroatoms. The molecule has 4 aromatic rings. The fraction of sp³-hybridized carbons (Fsp3) is 0.179. The van der Waals surface area contributed by atoms with Crippen LogP contribution in [0.2, 0.25) is 5.02 Å². The first-order chi connectivity index (χ1) is 18.2. The van der Waals surface area contributed by atoms with Gasteiger partial charge in [0.2, 0.25) is 0 Å². The van der Waals surface area contributed by atoms with E-state index in [0.717, 1.165) is 11.1 Å². The lowest BCUT2D eigenvalue weighted by Crippen LogP contribution is -2.15. The van der Waals surface area contributed by atoms with Gasteiger partial charge in [0.1, 0.15) is 0 Å². The number of sulfone groups is 1. The molecule has 1 aliphatic carbocycles. The molecule has 1 aromatic heterocycles. The Kier molecular flexibility index (Phi) is 6.81. The van der Waals surface area contributed by atoms with Gasteiger partial charge in [0.05, 0.1) is 32.6 Å². The molecule has 5 rings (SSSR count). The molecule has 0 saturated heterocycles. The van der Waals surface area contributed by atoms with E-state index in [-0.39, 0.29) is 22.2 Å². The Morgan fingerprint density at radius 1 is 1.05 bits per heavy atom. The highest BCUT2D eigenvalue weighted by atomic mass is 35.5. The summed E-state index contributed by atoms with van der Waals surface area (Å²) in [7, 11) is -3.38. The number of carbonyl (C=O) groups excluding carboxylic acids is 2. The molecule has 194 valence electrons.